The molecule has 2 unspecified atom stereocenters. The minimum Gasteiger partial charge on any atom is -0.372 e. The molecule has 5 nitrogen and oxygen atoms in total. The van der Waals surface area contributed by atoms with E-state index in [0.29, 0.717) is 13.1 Å². The maximum absolute atomic E-state index is 11.2. The van der Waals surface area contributed by atoms with Gasteiger partial charge in [-0.25, -0.2) is 0 Å². The van der Waals surface area contributed by atoms with Crippen LogP contribution in [0.5, 0.6) is 0 Å². The van der Waals surface area contributed by atoms with Crippen molar-refractivity contribution in [3.05, 3.63) is 0 Å². The first-order chi connectivity index (χ1) is 6.00. The summed E-state index contributed by atoms with van der Waals surface area (Å²) in [5.41, 5.74) is 4.89. The fourth-order valence-corrected chi connectivity index (χ4v) is 1.50. The Morgan fingerprint density at radius 3 is 2.15 bits per heavy atom. The molecule has 2 N–H and O–H groups in total. The highest BCUT2D eigenvalue weighted by atomic mass is 16.5. The second-order valence-electron chi connectivity index (χ2n) is 3.33. The number of morpholine rings is 1. The van der Waals surface area contributed by atoms with Crippen LogP contribution in [-0.2, 0) is 14.3 Å². The van der Waals surface area contributed by atoms with Crippen LogP contribution >= 0.6 is 0 Å². The molecule has 0 spiro atoms. The summed E-state index contributed by atoms with van der Waals surface area (Å²) in [5.74, 6) is -1.52. The number of amides is 2. The van der Waals surface area contributed by atoms with Crippen LogP contribution in [0.1, 0.15) is 13.8 Å². The van der Waals surface area contributed by atoms with Crippen LogP contribution in [0.25, 0.3) is 0 Å². The fraction of sp³-hybridized carbons (Fsp3) is 0.750. The molecule has 1 aliphatic heterocycles. The van der Waals surface area contributed by atoms with Gasteiger partial charge in [0.15, 0.2) is 0 Å². The molecule has 0 aliphatic carbocycles. The van der Waals surface area contributed by atoms with Crippen LogP contribution < -0.4 is 5.73 Å². The van der Waals surface area contributed by atoms with Gasteiger partial charge in [0.25, 0.3) is 0 Å². The summed E-state index contributed by atoms with van der Waals surface area (Å²) < 4.78 is 5.40. The van der Waals surface area contributed by atoms with E-state index in [1.54, 1.807) is 0 Å². The zero-order chi connectivity index (χ0) is 10.0. The van der Waals surface area contributed by atoms with E-state index < -0.39 is 11.8 Å². The van der Waals surface area contributed by atoms with Gasteiger partial charge in [0.05, 0.1) is 12.2 Å². The van der Waals surface area contributed by atoms with Gasteiger partial charge in [0.2, 0.25) is 0 Å². The van der Waals surface area contributed by atoms with Crippen LogP contribution in [0.4, 0.5) is 0 Å². The molecule has 1 aliphatic rings. The lowest BCUT2D eigenvalue weighted by Crippen LogP contribution is -2.51. The molecule has 0 aromatic carbocycles. The predicted molar refractivity (Wildman–Crippen MR) is 45.8 cm³/mol. The van der Waals surface area contributed by atoms with Crippen molar-refractivity contribution < 1.29 is 14.3 Å². The maximum atomic E-state index is 11.2. The van der Waals surface area contributed by atoms with Gasteiger partial charge >= 0.3 is 11.8 Å². The number of nitrogens with two attached hydrogens (primary N) is 1. The number of hydrogen-bond acceptors (Lipinski definition) is 3. The Bertz CT molecular complexity index is 219. The summed E-state index contributed by atoms with van der Waals surface area (Å²) >= 11 is 0. The molecule has 5 heteroatoms. The minimum atomic E-state index is -0.902. The third kappa shape index (κ3) is 2.42. The average molecular weight is 186 g/mol. The van der Waals surface area contributed by atoms with E-state index in [-0.39, 0.29) is 12.2 Å². The van der Waals surface area contributed by atoms with Crippen LogP contribution in [-0.4, -0.2) is 42.0 Å². The van der Waals surface area contributed by atoms with E-state index in [4.69, 9.17) is 10.5 Å². The largest absolute Gasteiger partial charge is 0.372 e. The van der Waals surface area contributed by atoms with Crippen molar-refractivity contribution in [3.8, 4) is 0 Å². The molecule has 1 heterocycles. The van der Waals surface area contributed by atoms with Crippen molar-refractivity contribution in [2.75, 3.05) is 13.1 Å². The minimum absolute atomic E-state index is 0.0351. The van der Waals surface area contributed by atoms with Crippen molar-refractivity contribution in [1.82, 2.24) is 4.90 Å². The van der Waals surface area contributed by atoms with E-state index >= 15 is 0 Å². The zero-order valence-electron chi connectivity index (χ0n) is 7.82. The van der Waals surface area contributed by atoms with Crippen LogP contribution in [0.15, 0.2) is 0 Å². The lowest BCUT2D eigenvalue weighted by molar-refractivity contribution is -0.152. The Labute approximate surface area is 76.8 Å². The van der Waals surface area contributed by atoms with E-state index in [9.17, 15) is 9.59 Å². The molecule has 74 valence electrons. The second kappa shape index (κ2) is 3.74. The Morgan fingerprint density at radius 2 is 1.77 bits per heavy atom. The number of carbonyl (C=O) groups excluding carboxylic acids is 2. The van der Waals surface area contributed by atoms with E-state index in [0.717, 1.165) is 0 Å². The molecule has 13 heavy (non-hydrogen) atoms. The Balaban J connectivity index is 2.60. The molecule has 0 bridgehead atoms. The molecule has 0 saturated carbocycles. The molecule has 0 radical (unpaired) electrons. The SMILES string of the molecule is CC1CN(C(=O)C(N)=O)CC(C)O1. The second-order valence-corrected chi connectivity index (χ2v) is 3.33. The highest BCUT2D eigenvalue weighted by Crippen LogP contribution is 2.10. The summed E-state index contributed by atoms with van der Waals surface area (Å²) in [6.45, 7) is 4.59. The van der Waals surface area contributed by atoms with Crippen molar-refractivity contribution in [1.29, 1.82) is 0 Å². The van der Waals surface area contributed by atoms with Crippen LogP contribution in [0.2, 0.25) is 0 Å². The molecule has 2 atom stereocenters. The van der Waals surface area contributed by atoms with E-state index in [1.165, 1.54) is 4.90 Å². The smallest absolute Gasteiger partial charge is 0.311 e. The standard InChI is InChI=1S/C8H14N2O3/c1-5-3-10(4-6(2)13-5)8(12)7(9)11/h5-6H,3-4H2,1-2H3,(H2,9,11). The topological polar surface area (TPSA) is 72.6 Å². The first kappa shape index (κ1) is 9.98. The number of hydrogen-bond donors (Lipinski definition) is 1. The Hall–Kier alpha value is -1.10. The van der Waals surface area contributed by atoms with Crippen LogP contribution in [0.3, 0.4) is 0 Å². The van der Waals surface area contributed by atoms with Gasteiger partial charge < -0.3 is 15.4 Å². The molecule has 0 aromatic rings. The highest BCUT2D eigenvalue weighted by molar-refractivity contribution is 6.34. The summed E-state index contributed by atoms with van der Waals surface area (Å²) in [4.78, 5) is 23.2. The summed E-state index contributed by atoms with van der Waals surface area (Å²) in [6.07, 6.45) is -0.0703. The fourth-order valence-electron chi connectivity index (χ4n) is 1.50. The van der Waals surface area contributed by atoms with E-state index in [2.05, 4.69) is 0 Å². The van der Waals surface area contributed by atoms with E-state index in [1.807, 2.05) is 13.8 Å². The highest BCUT2D eigenvalue weighted by Gasteiger charge is 2.28. The predicted octanol–water partition coefficient (Wildman–Crippen LogP) is -0.892. The van der Waals surface area contributed by atoms with Crippen LogP contribution in [0, 0.1) is 0 Å². The van der Waals surface area contributed by atoms with Gasteiger partial charge in [-0.05, 0) is 13.8 Å². The molecular weight excluding hydrogens is 172 g/mol. The molecule has 2 amide bonds. The third-order valence-corrected chi connectivity index (χ3v) is 1.92. The number of ether oxygens (including phenoxy) is 1. The lowest BCUT2D eigenvalue weighted by atomic mass is 10.2. The van der Waals surface area contributed by atoms with Crippen molar-refractivity contribution in [3.63, 3.8) is 0 Å². The van der Waals surface area contributed by atoms with Gasteiger partial charge in [-0.2, -0.15) is 0 Å². The van der Waals surface area contributed by atoms with Crippen molar-refractivity contribution >= 4 is 11.8 Å². The molecule has 1 rings (SSSR count). The van der Waals surface area contributed by atoms with Gasteiger partial charge in [-0.3, -0.25) is 9.59 Å². The lowest BCUT2D eigenvalue weighted by Gasteiger charge is -2.34. The molecular formula is C8H14N2O3. The first-order valence-electron chi connectivity index (χ1n) is 4.25. The number of nitrogens with zero attached hydrogens (tertiary/aromatic N) is 1. The number of carbonyl (C=O) groups is 2. The van der Waals surface area contributed by atoms with Crippen molar-refractivity contribution in [2.24, 2.45) is 5.73 Å². The number of primary amides is 1. The molecule has 0 aromatic heterocycles. The van der Waals surface area contributed by atoms with Crippen molar-refractivity contribution in [2.45, 2.75) is 26.1 Å². The van der Waals surface area contributed by atoms with Gasteiger partial charge in [-0.15, -0.1) is 0 Å². The van der Waals surface area contributed by atoms with Gasteiger partial charge in [0, 0.05) is 13.1 Å². The first-order valence-corrected chi connectivity index (χ1v) is 4.25. The summed E-state index contributed by atoms with van der Waals surface area (Å²) in [7, 11) is 0. The Kier molecular flexibility index (Phi) is 2.87. The zero-order valence-corrected chi connectivity index (χ0v) is 7.82. The normalized spacial score (nSPS) is 28.6. The molecule has 1 fully saturated rings. The summed E-state index contributed by atoms with van der Waals surface area (Å²) in [5, 5.41) is 0. The number of rotatable bonds is 0. The monoisotopic (exact) mass is 186 g/mol. The average Bonchev–Trinajstić information content (AvgIpc) is 2.01. The summed E-state index contributed by atoms with van der Waals surface area (Å²) in [6, 6.07) is 0. The van der Waals surface area contributed by atoms with Gasteiger partial charge in [-0.1, -0.05) is 0 Å². The maximum Gasteiger partial charge on any atom is 0.311 e. The Morgan fingerprint density at radius 1 is 1.31 bits per heavy atom. The third-order valence-electron chi connectivity index (χ3n) is 1.92. The van der Waals surface area contributed by atoms with Gasteiger partial charge in [0.1, 0.15) is 0 Å². The quantitative estimate of drug-likeness (QED) is 0.499. The molecule has 1 saturated heterocycles.